The molecule has 3 aliphatic carbocycles. The molecule has 0 bridgehead atoms. The highest BCUT2D eigenvalue weighted by Gasteiger charge is 2.62. The van der Waals surface area contributed by atoms with Crippen molar-refractivity contribution in [1.82, 2.24) is 10.2 Å². The largest absolute Gasteiger partial charge is 0.510 e. The Morgan fingerprint density at radius 3 is 2.26 bits per heavy atom. The van der Waals surface area contributed by atoms with Gasteiger partial charge in [-0.2, -0.15) is 0 Å². The van der Waals surface area contributed by atoms with Crippen molar-refractivity contribution in [1.29, 1.82) is 0 Å². The first-order valence-electron chi connectivity index (χ1n) is 14.1. The molecule has 6 N–H and O–H groups in total. The van der Waals surface area contributed by atoms with Crippen LogP contribution in [-0.4, -0.2) is 89.8 Å². The third-order valence-electron chi connectivity index (χ3n) is 8.92. The predicted molar refractivity (Wildman–Crippen MR) is 158 cm³/mol. The topological polar surface area (TPSA) is 173 Å². The normalized spacial score (nSPS) is 25.8. The monoisotopic (exact) mass is 582 g/mol. The molecule has 1 aromatic rings. The van der Waals surface area contributed by atoms with Gasteiger partial charge in [-0.15, -0.1) is 0 Å². The number of nitrogens with one attached hydrogen (secondary N) is 1. The van der Waals surface area contributed by atoms with E-state index in [1.807, 2.05) is 39.8 Å². The summed E-state index contributed by atoms with van der Waals surface area (Å²) in [4.78, 5) is 56.2. The third-order valence-corrected chi connectivity index (χ3v) is 8.92. The number of allylic oxidation sites excluding steroid dienone is 2. The maximum Gasteiger partial charge on any atom is 0.255 e. The molecule has 0 aromatic heterocycles. The lowest BCUT2D eigenvalue weighted by Crippen LogP contribution is -2.60. The molecule has 0 spiro atoms. The number of anilines is 1. The zero-order chi connectivity index (χ0) is 31.6. The summed E-state index contributed by atoms with van der Waals surface area (Å²) in [5.41, 5.74) is 4.58. The highest BCUT2D eigenvalue weighted by Crippen LogP contribution is 2.57. The Morgan fingerprint density at radius 2 is 1.74 bits per heavy atom. The van der Waals surface area contributed by atoms with Crippen LogP contribution in [0.3, 0.4) is 0 Å². The van der Waals surface area contributed by atoms with E-state index in [1.54, 1.807) is 25.1 Å². The quantitative estimate of drug-likeness (QED) is 0.298. The van der Waals surface area contributed by atoms with E-state index in [0.29, 0.717) is 16.8 Å². The highest BCUT2D eigenvalue weighted by atomic mass is 16.3. The van der Waals surface area contributed by atoms with Crippen LogP contribution < -0.4 is 16.0 Å². The summed E-state index contributed by atoms with van der Waals surface area (Å²) in [5, 5.41) is 37.5. The van der Waals surface area contributed by atoms with E-state index in [0.717, 1.165) is 0 Å². The number of carbonyl (C=O) groups excluding carboxylic acids is 4. The van der Waals surface area contributed by atoms with Crippen molar-refractivity contribution < 1.29 is 34.5 Å². The molecule has 11 nitrogen and oxygen atoms in total. The Kier molecular flexibility index (Phi) is 7.84. The van der Waals surface area contributed by atoms with Gasteiger partial charge in [0, 0.05) is 48.8 Å². The second kappa shape index (κ2) is 10.5. The standard InChI is InChI=1S/C31H42N4O7/c1-30(2,3)33-13-16(36)9-15-12-19(34(5)6)17-10-14-11-18-23(35(7)8)26(39)22(29(32)42)28(41)31(18,4)27(40)20(14)25(38)21(17)24(15)37/h12,14,18,23,33,37-38,41H,9-11,13H2,1-8H3,(H2,32,42)/t14-,18-,23-,31+/m0/s1. The number of phenols is 1. The van der Waals surface area contributed by atoms with Gasteiger partial charge in [0.2, 0.25) is 0 Å². The lowest BCUT2D eigenvalue weighted by molar-refractivity contribution is -0.139. The molecule has 228 valence electrons. The smallest absolute Gasteiger partial charge is 0.255 e. The summed E-state index contributed by atoms with van der Waals surface area (Å²) in [6.07, 6.45) is 0.425. The maximum absolute atomic E-state index is 14.3. The number of nitrogens with zero attached hydrogens (tertiary/aromatic N) is 2. The van der Waals surface area contributed by atoms with Crippen LogP contribution in [0.5, 0.6) is 5.75 Å². The van der Waals surface area contributed by atoms with Gasteiger partial charge in [-0.25, -0.2) is 0 Å². The van der Waals surface area contributed by atoms with Gasteiger partial charge in [-0.05, 0) is 72.2 Å². The van der Waals surface area contributed by atoms with Gasteiger partial charge in [0.15, 0.2) is 17.3 Å². The zero-order valence-electron chi connectivity index (χ0n) is 25.6. The molecular weight excluding hydrogens is 540 g/mol. The lowest BCUT2D eigenvalue weighted by Gasteiger charge is -2.51. The molecule has 3 aliphatic rings. The number of phenolic OH excluding ortho intramolecular Hbond substituents is 1. The molecule has 4 atom stereocenters. The molecule has 1 fully saturated rings. The molecule has 0 unspecified atom stereocenters. The molecule has 0 radical (unpaired) electrons. The van der Waals surface area contributed by atoms with Crippen molar-refractivity contribution in [2.45, 2.75) is 58.5 Å². The van der Waals surface area contributed by atoms with E-state index in [1.165, 1.54) is 6.92 Å². The molecule has 11 heteroatoms. The molecule has 1 aromatic carbocycles. The second-order valence-electron chi connectivity index (χ2n) is 13.4. The van der Waals surface area contributed by atoms with Gasteiger partial charge < -0.3 is 31.3 Å². The molecule has 0 heterocycles. The van der Waals surface area contributed by atoms with Gasteiger partial charge >= 0.3 is 0 Å². The van der Waals surface area contributed by atoms with E-state index in [4.69, 9.17) is 5.73 Å². The van der Waals surface area contributed by atoms with E-state index < -0.39 is 57.9 Å². The van der Waals surface area contributed by atoms with Gasteiger partial charge in [0.05, 0.1) is 23.6 Å². The molecule has 0 saturated heterocycles. The van der Waals surface area contributed by atoms with Crippen molar-refractivity contribution in [3.8, 4) is 5.75 Å². The van der Waals surface area contributed by atoms with Crippen LogP contribution in [0, 0.1) is 17.3 Å². The van der Waals surface area contributed by atoms with Crippen LogP contribution in [0.1, 0.15) is 50.8 Å². The summed E-state index contributed by atoms with van der Waals surface area (Å²) in [6.45, 7) is 7.38. The van der Waals surface area contributed by atoms with E-state index in [9.17, 15) is 34.5 Å². The summed E-state index contributed by atoms with van der Waals surface area (Å²) in [7, 11) is 6.95. The first kappa shape index (κ1) is 31.2. The zero-order valence-corrected chi connectivity index (χ0v) is 25.6. The van der Waals surface area contributed by atoms with Gasteiger partial charge in [0.25, 0.3) is 5.91 Å². The second-order valence-corrected chi connectivity index (χ2v) is 13.4. The minimum Gasteiger partial charge on any atom is -0.510 e. The van der Waals surface area contributed by atoms with Gasteiger partial charge in [0.1, 0.15) is 22.8 Å². The van der Waals surface area contributed by atoms with Crippen molar-refractivity contribution in [3.63, 3.8) is 0 Å². The molecule has 42 heavy (non-hydrogen) atoms. The molecule has 0 aliphatic heterocycles. The SMILES string of the molecule is CN(C)c1cc(CC(=O)CNC(C)(C)C)c(O)c2c1C[C@H]1C[C@H]3[C@H](N(C)C)C(=O)C(C(N)=O)=C(O)[C@@]3(C)C(=O)C1=C2O. The number of hydrogen-bond donors (Lipinski definition) is 5. The number of Topliss-reactive ketones (excluding diaryl/α,β-unsaturated/α-hetero) is 3. The first-order chi connectivity index (χ1) is 19.3. The summed E-state index contributed by atoms with van der Waals surface area (Å²) >= 11 is 0. The van der Waals surface area contributed by atoms with Crippen LogP contribution in [0.15, 0.2) is 23.0 Å². The first-order valence-corrected chi connectivity index (χ1v) is 14.1. The lowest BCUT2D eigenvalue weighted by atomic mass is 9.53. The van der Waals surface area contributed by atoms with Gasteiger partial charge in [-0.3, -0.25) is 24.1 Å². The third kappa shape index (κ3) is 4.88. The highest BCUT2D eigenvalue weighted by molar-refractivity contribution is 6.24. The number of benzene rings is 1. The minimum atomic E-state index is -1.71. The van der Waals surface area contributed by atoms with Crippen LogP contribution in [0.25, 0.3) is 5.76 Å². The number of fused-ring (bicyclic) bond motifs is 3. The van der Waals surface area contributed by atoms with Crippen LogP contribution in [0.2, 0.25) is 0 Å². The number of carbonyl (C=O) groups is 4. The van der Waals surface area contributed by atoms with E-state index >= 15 is 0 Å². The number of ketones is 3. The minimum absolute atomic E-state index is 0.0151. The number of rotatable bonds is 7. The van der Waals surface area contributed by atoms with Crippen molar-refractivity contribution in [2.75, 3.05) is 39.6 Å². The van der Waals surface area contributed by atoms with Crippen LogP contribution in [0.4, 0.5) is 5.69 Å². The van der Waals surface area contributed by atoms with Crippen LogP contribution >= 0.6 is 0 Å². The Hall–Kier alpha value is -3.70. The number of hydrogen-bond acceptors (Lipinski definition) is 10. The van der Waals surface area contributed by atoms with E-state index in [2.05, 4.69) is 5.32 Å². The predicted octanol–water partition coefficient (Wildman–Crippen LogP) is 1.80. The maximum atomic E-state index is 14.3. The molecule has 1 amide bonds. The number of likely N-dealkylation sites (N-methyl/N-ethyl adjacent to an activating group) is 1. The molecule has 1 saturated carbocycles. The van der Waals surface area contributed by atoms with E-state index in [-0.39, 0.29) is 54.0 Å². The fourth-order valence-corrected chi connectivity index (χ4v) is 6.81. The summed E-state index contributed by atoms with van der Waals surface area (Å²) in [5.74, 6) is -5.21. The number of amides is 1. The Bertz CT molecular complexity index is 1450. The number of nitrogens with two attached hydrogens (primary N) is 1. The van der Waals surface area contributed by atoms with Gasteiger partial charge in [-0.1, -0.05) is 0 Å². The Balaban J connectivity index is 1.89. The number of aromatic hydroxyl groups is 1. The number of aliphatic hydroxyl groups is 2. The Labute approximate surface area is 246 Å². The summed E-state index contributed by atoms with van der Waals surface area (Å²) in [6, 6.07) is 0.829. The van der Waals surface area contributed by atoms with Crippen LogP contribution in [-0.2, 0) is 32.0 Å². The van der Waals surface area contributed by atoms with Crippen molar-refractivity contribution >= 4 is 34.7 Å². The average Bonchev–Trinajstić information content (AvgIpc) is 2.85. The molecule has 4 rings (SSSR count). The number of primary amides is 1. The summed E-state index contributed by atoms with van der Waals surface area (Å²) < 4.78 is 0. The average molecular weight is 583 g/mol. The molecular formula is C31H42N4O7. The van der Waals surface area contributed by atoms with Crippen molar-refractivity contribution in [3.05, 3.63) is 39.7 Å². The fraction of sp³-hybridized carbons (Fsp3) is 0.548. The Morgan fingerprint density at radius 1 is 1.12 bits per heavy atom. The number of aliphatic hydroxyl groups excluding tert-OH is 2. The van der Waals surface area contributed by atoms with Crippen molar-refractivity contribution in [2.24, 2.45) is 23.0 Å². The fourth-order valence-electron chi connectivity index (χ4n) is 6.81.